The molecule has 3 unspecified atom stereocenters. The summed E-state index contributed by atoms with van der Waals surface area (Å²) in [4.78, 5) is 11.8. The van der Waals surface area contributed by atoms with Crippen molar-refractivity contribution in [3.05, 3.63) is 30.1 Å². The number of carbonyl (C=O) groups is 1. The fourth-order valence-corrected chi connectivity index (χ4v) is 3.11. The lowest BCUT2D eigenvalue weighted by molar-refractivity contribution is -0.115. The number of benzene rings is 1. The third-order valence-electron chi connectivity index (χ3n) is 4.38. The van der Waals surface area contributed by atoms with E-state index in [1.807, 2.05) is 0 Å². The Morgan fingerprint density at radius 1 is 1.40 bits per heavy atom. The Bertz CT molecular complexity index is 464. The van der Waals surface area contributed by atoms with Crippen molar-refractivity contribution < 1.29 is 9.18 Å². The maximum Gasteiger partial charge on any atom is 0.238 e. The van der Waals surface area contributed by atoms with Gasteiger partial charge in [0.15, 0.2) is 0 Å². The Morgan fingerprint density at radius 3 is 2.85 bits per heavy atom. The summed E-state index contributed by atoms with van der Waals surface area (Å²) in [5, 5.41) is 6.03. The van der Waals surface area contributed by atoms with E-state index in [2.05, 4.69) is 24.5 Å². The molecule has 3 atom stereocenters. The van der Waals surface area contributed by atoms with E-state index in [-0.39, 0.29) is 18.3 Å². The second-order valence-electron chi connectivity index (χ2n) is 5.65. The fourth-order valence-electron chi connectivity index (χ4n) is 3.11. The summed E-state index contributed by atoms with van der Waals surface area (Å²) in [6.07, 6.45) is 3.57. The molecule has 0 heterocycles. The zero-order chi connectivity index (χ0) is 14.5. The molecule has 2 rings (SSSR count). The zero-order valence-corrected chi connectivity index (χ0v) is 12.2. The molecule has 0 saturated heterocycles. The van der Waals surface area contributed by atoms with Gasteiger partial charge in [-0.1, -0.05) is 26.3 Å². The van der Waals surface area contributed by atoms with Gasteiger partial charge in [-0.05, 0) is 42.9 Å². The van der Waals surface area contributed by atoms with E-state index >= 15 is 0 Å². The van der Waals surface area contributed by atoms with E-state index in [1.54, 1.807) is 12.1 Å². The van der Waals surface area contributed by atoms with Gasteiger partial charge < -0.3 is 10.6 Å². The van der Waals surface area contributed by atoms with Gasteiger partial charge >= 0.3 is 0 Å². The zero-order valence-electron chi connectivity index (χ0n) is 12.2. The molecule has 1 aliphatic carbocycles. The number of nitrogens with one attached hydrogen (secondary N) is 2. The maximum atomic E-state index is 13.0. The molecule has 110 valence electrons. The summed E-state index contributed by atoms with van der Waals surface area (Å²) in [5.74, 6) is 0.912. The number of hydrogen-bond donors (Lipinski definition) is 2. The van der Waals surface area contributed by atoms with Gasteiger partial charge in [0.2, 0.25) is 5.91 Å². The van der Waals surface area contributed by atoms with Gasteiger partial charge in [0, 0.05) is 11.7 Å². The second kappa shape index (κ2) is 6.84. The average molecular weight is 278 g/mol. The molecule has 20 heavy (non-hydrogen) atoms. The van der Waals surface area contributed by atoms with Crippen molar-refractivity contribution in [3.8, 4) is 0 Å². The van der Waals surface area contributed by atoms with Crippen LogP contribution in [0.1, 0.15) is 33.1 Å². The molecule has 0 aliphatic heterocycles. The second-order valence-corrected chi connectivity index (χ2v) is 5.65. The Balaban J connectivity index is 1.78. The third kappa shape index (κ3) is 3.79. The Labute approximate surface area is 120 Å². The fraction of sp³-hybridized carbons (Fsp3) is 0.562. The first kappa shape index (κ1) is 15.0. The molecule has 1 fully saturated rings. The number of carbonyl (C=O) groups excluding carboxylic acids is 1. The highest BCUT2D eigenvalue weighted by Crippen LogP contribution is 2.33. The molecule has 0 spiro atoms. The summed E-state index contributed by atoms with van der Waals surface area (Å²) in [6, 6.07) is 6.37. The van der Waals surface area contributed by atoms with Crippen molar-refractivity contribution in [1.29, 1.82) is 0 Å². The average Bonchev–Trinajstić information content (AvgIpc) is 2.77. The Morgan fingerprint density at radius 2 is 2.20 bits per heavy atom. The van der Waals surface area contributed by atoms with Gasteiger partial charge in [-0.3, -0.25) is 4.79 Å². The highest BCUT2D eigenvalue weighted by Gasteiger charge is 2.31. The Kier molecular flexibility index (Phi) is 5.12. The van der Waals surface area contributed by atoms with E-state index in [0.29, 0.717) is 17.6 Å². The molecule has 1 aromatic carbocycles. The molecule has 4 heteroatoms. The molecular formula is C16H23FN2O. The molecule has 0 radical (unpaired) electrons. The summed E-state index contributed by atoms with van der Waals surface area (Å²) < 4.78 is 13.0. The van der Waals surface area contributed by atoms with Crippen LogP contribution in [0.25, 0.3) is 0 Å². The van der Waals surface area contributed by atoms with Crippen molar-refractivity contribution in [2.24, 2.45) is 11.8 Å². The number of anilines is 1. The van der Waals surface area contributed by atoms with Crippen LogP contribution >= 0.6 is 0 Å². The van der Waals surface area contributed by atoms with Gasteiger partial charge in [-0.25, -0.2) is 4.39 Å². The summed E-state index contributed by atoms with van der Waals surface area (Å²) >= 11 is 0. The molecule has 1 aromatic rings. The third-order valence-corrected chi connectivity index (χ3v) is 4.38. The molecule has 2 N–H and O–H groups in total. The van der Waals surface area contributed by atoms with Gasteiger partial charge in [0.1, 0.15) is 5.82 Å². The molecule has 0 aromatic heterocycles. The van der Waals surface area contributed by atoms with Crippen LogP contribution in [-0.2, 0) is 4.79 Å². The van der Waals surface area contributed by atoms with Crippen LogP contribution in [0.4, 0.5) is 10.1 Å². The van der Waals surface area contributed by atoms with Crippen LogP contribution in [0.2, 0.25) is 0 Å². The topological polar surface area (TPSA) is 41.1 Å². The molecule has 3 nitrogen and oxygen atoms in total. The molecule has 1 aliphatic rings. The van der Waals surface area contributed by atoms with Crippen molar-refractivity contribution >= 4 is 11.6 Å². The SMILES string of the molecule is CCC1CCC(NCC(=O)Nc2cccc(F)c2)C1C. The maximum absolute atomic E-state index is 13.0. The van der Waals surface area contributed by atoms with Gasteiger partial charge in [-0.15, -0.1) is 0 Å². The first-order chi connectivity index (χ1) is 9.60. The number of amides is 1. The largest absolute Gasteiger partial charge is 0.325 e. The lowest BCUT2D eigenvalue weighted by Crippen LogP contribution is -2.38. The molecule has 0 bridgehead atoms. The van der Waals surface area contributed by atoms with Gasteiger partial charge in [-0.2, -0.15) is 0 Å². The minimum Gasteiger partial charge on any atom is -0.325 e. The van der Waals surface area contributed by atoms with Crippen LogP contribution < -0.4 is 10.6 Å². The monoisotopic (exact) mass is 278 g/mol. The van der Waals surface area contributed by atoms with E-state index < -0.39 is 0 Å². The van der Waals surface area contributed by atoms with E-state index in [9.17, 15) is 9.18 Å². The number of rotatable bonds is 5. The molecular weight excluding hydrogens is 255 g/mol. The van der Waals surface area contributed by atoms with Gasteiger partial charge in [0.05, 0.1) is 6.54 Å². The lowest BCUT2D eigenvalue weighted by Gasteiger charge is -2.20. The summed E-state index contributed by atoms with van der Waals surface area (Å²) in [7, 11) is 0. The van der Waals surface area contributed by atoms with Gasteiger partial charge in [0.25, 0.3) is 0 Å². The summed E-state index contributed by atoms with van der Waals surface area (Å²) in [6.45, 7) is 4.76. The smallest absolute Gasteiger partial charge is 0.238 e. The first-order valence-corrected chi connectivity index (χ1v) is 7.39. The quantitative estimate of drug-likeness (QED) is 0.868. The van der Waals surface area contributed by atoms with Crippen LogP contribution in [0.5, 0.6) is 0 Å². The van der Waals surface area contributed by atoms with Crippen LogP contribution in [-0.4, -0.2) is 18.5 Å². The van der Waals surface area contributed by atoms with Crippen LogP contribution in [0.15, 0.2) is 24.3 Å². The van der Waals surface area contributed by atoms with E-state index in [4.69, 9.17) is 0 Å². The minimum atomic E-state index is -0.342. The van der Waals surface area contributed by atoms with Crippen molar-refractivity contribution in [1.82, 2.24) is 5.32 Å². The lowest BCUT2D eigenvalue weighted by atomic mass is 9.93. The molecule has 1 amide bonds. The van der Waals surface area contributed by atoms with Crippen molar-refractivity contribution in [2.75, 3.05) is 11.9 Å². The Hall–Kier alpha value is -1.42. The predicted octanol–water partition coefficient (Wildman–Crippen LogP) is 3.18. The summed E-state index contributed by atoms with van der Waals surface area (Å²) in [5.41, 5.74) is 0.503. The standard InChI is InChI=1S/C16H23FN2O/c1-3-12-7-8-15(11(12)2)18-10-16(20)19-14-6-4-5-13(17)9-14/h4-6,9,11-12,15,18H,3,7-8,10H2,1-2H3,(H,19,20). The highest BCUT2D eigenvalue weighted by molar-refractivity contribution is 5.92. The normalized spacial score (nSPS) is 25.6. The number of halogens is 1. The molecule has 1 saturated carbocycles. The van der Waals surface area contributed by atoms with Crippen molar-refractivity contribution in [3.63, 3.8) is 0 Å². The number of hydrogen-bond acceptors (Lipinski definition) is 2. The van der Waals surface area contributed by atoms with Crippen LogP contribution in [0, 0.1) is 17.7 Å². The van der Waals surface area contributed by atoms with Crippen LogP contribution in [0.3, 0.4) is 0 Å². The van der Waals surface area contributed by atoms with E-state index in [0.717, 1.165) is 12.3 Å². The highest BCUT2D eigenvalue weighted by atomic mass is 19.1. The van der Waals surface area contributed by atoms with E-state index in [1.165, 1.54) is 25.0 Å². The predicted molar refractivity (Wildman–Crippen MR) is 79.0 cm³/mol. The van der Waals surface area contributed by atoms with Crippen molar-refractivity contribution in [2.45, 2.75) is 39.2 Å². The first-order valence-electron chi connectivity index (χ1n) is 7.39. The minimum absolute atomic E-state index is 0.122.